The van der Waals surface area contributed by atoms with Gasteiger partial charge in [-0.3, -0.25) is 0 Å². The van der Waals surface area contributed by atoms with E-state index < -0.39 is 16.0 Å². The Balaban J connectivity index is 2.22. The van der Waals surface area contributed by atoms with Crippen LogP contribution in [0.5, 0.6) is 5.75 Å². The van der Waals surface area contributed by atoms with E-state index in [1.807, 2.05) is 12.3 Å². The Kier molecular flexibility index (Phi) is 6.15. The summed E-state index contributed by atoms with van der Waals surface area (Å²) >= 11 is 1.51. The zero-order chi connectivity index (χ0) is 18.6. The molecule has 0 atom stereocenters. The quantitative estimate of drug-likeness (QED) is 0.681. The fourth-order valence-electron chi connectivity index (χ4n) is 2.00. The molecule has 25 heavy (non-hydrogen) atoms. The molecule has 0 N–H and O–H groups in total. The third-order valence-corrected chi connectivity index (χ3v) is 6.29. The van der Waals surface area contributed by atoms with Crippen molar-refractivity contribution in [3.05, 3.63) is 39.8 Å². The summed E-state index contributed by atoms with van der Waals surface area (Å²) in [6, 6.07) is 4.16. The van der Waals surface area contributed by atoms with Gasteiger partial charge in [-0.1, -0.05) is 6.92 Å². The van der Waals surface area contributed by atoms with Crippen LogP contribution in [-0.2, 0) is 27.8 Å². The second kappa shape index (κ2) is 7.94. The summed E-state index contributed by atoms with van der Waals surface area (Å²) in [5, 5.41) is 2.80. The SMILES string of the molecule is CCc1nc(COC(=O)c2ccc(OC)c(S(=O)(=O)N(C)C)c2)cs1. The van der Waals surface area contributed by atoms with E-state index >= 15 is 0 Å². The number of ether oxygens (including phenoxy) is 2. The summed E-state index contributed by atoms with van der Waals surface area (Å²) in [5.41, 5.74) is 0.803. The van der Waals surface area contributed by atoms with Crippen LogP contribution in [0.1, 0.15) is 28.0 Å². The van der Waals surface area contributed by atoms with Crippen molar-refractivity contribution in [1.29, 1.82) is 0 Å². The lowest BCUT2D eigenvalue weighted by atomic mass is 10.2. The number of rotatable bonds is 7. The van der Waals surface area contributed by atoms with Crippen LogP contribution in [0.3, 0.4) is 0 Å². The highest BCUT2D eigenvalue weighted by Crippen LogP contribution is 2.27. The summed E-state index contributed by atoms with van der Waals surface area (Å²) in [5.74, 6) is -0.457. The number of hydrogen-bond donors (Lipinski definition) is 0. The number of hydrogen-bond acceptors (Lipinski definition) is 7. The standard InChI is InChI=1S/C16H20N2O5S2/c1-5-15-17-12(10-24-15)9-23-16(19)11-6-7-13(22-4)14(8-11)25(20,21)18(2)3/h6-8,10H,5,9H2,1-4H3. The van der Waals surface area contributed by atoms with Crippen molar-refractivity contribution in [3.63, 3.8) is 0 Å². The molecule has 0 amide bonds. The first-order chi connectivity index (χ1) is 11.8. The number of aromatic nitrogens is 1. The third-order valence-electron chi connectivity index (χ3n) is 3.41. The van der Waals surface area contributed by atoms with E-state index in [4.69, 9.17) is 9.47 Å². The lowest BCUT2D eigenvalue weighted by Gasteiger charge is -2.15. The normalized spacial score (nSPS) is 11.6. The number of carbonyl (C=O) groups is 1. The van der Waals surface area contributed by atoms with Crippen LogP contribution < -0.4 is 4.74 Å². The molecule has 0 aliphatic carbocycles. The molecule has 9 heteroatoms. The molecule has 1 heterocycles. The Morgan fingerprint density at radius 2 is 2.04 bits per heavy atom. The van der Waals surface area contributed by atoms with Gasteiger partial charge in [0.15, 0.2) is 0 Å². The highest BCUT2D eigenvalue weighted by Gasteiger charge is 2.24. The topological polar surface area (TPSA) is 85.8 Å². The van der Waals surface area contributed by atoms with Gasteiger partial charge in [-0.05, 0) is 24.6 Å². The van der Waals surface area contributed by atoms with Crippen molar-refractivity contribution >= 4 is 27.3 Å². The Labute approximate surface area is 151 Å². The molecule has 0 saturated heterocycles. The first kappa shape index (κ1) is 19.4. The minimum absolute atomic E-state index is 0.0388. The molecule has 1 aromatic heterocycles. The average molecular weight is 384 g/mol. The monoisotopic (exact) mass is 384 g/mol. The molecule has 1 aromatic carbocycles. The van der Waals surface area contributed by atoms with Gasteiger partial charge in [-0.25, -0.2) is 22.5 Å². The van der Waals surface area contributed by atoms with Gasteiger partial charge in [-0.2, -0.15) is 0 Å². The van der Waals surface area contributed by atoms with Crippen molar-refractivity contribution in [2.75, 3.05) is 21.2 Å². The minimum Gasteiger partial charge on any atom is -0.495 e. The van der Waals surface area contributed by atoms with Gasteiger partial charge in [0.05, 0.1) is 23.4 Å². The van der Waals surface area contributed by atoms with Gasteiger partial charge in [0.2, 0.25) is 10.0 Å². The summed E-state index contributed by atoms with van der Waals surface area (Å²) in [7, 11) is 0.438. The molecule has 0 aliphatic rings. The van der Waals surface area contributed by atoms with Gasteiger partial charge in [0.1, 0.15) is 17.3 Å². The zero-order valence-electron chi connectivity index (χ0n) is 14.5. The number of sulfonamides is 1. The summed E-state index contributed by atoms with van der Waals surface area (Å²) < 4.78 is 36.2. The largest absolute Gasteiger partial charge is 0.495 e. The number of esters is 1. The molecule has 7 nitrogen and oxygen atoms in total. The van der Waals surface area contributed by atoms with Crippen LogP contribution in [0.4, 0.5) is 0 Å². The first-order valence-corrected chi connectivity index (χ1v) is 9.82. The molecule has 0 unspecified atom stereocenters. The predicted molar refractivity (Wildman–Crippen MR) is 94.5 cm³/mol. The van der Waals surface area contributed by atoms with E-state index in [1.54, 1.807) is 0 Å². The van der Waals surface area contributed by atoms with Crippen LogP contribution in [0.2, 0.25) is 0 Å². The Morgan fingerprint density at radius 3 is 2.60 bits per heavy atom. The van der Waals surface area contributed by atoms with E-state index in [9.17, 15) is 13.2 Å². The van der Waals surface area contributed by atoms with Crippen molar-refractivity contribution in [1.82, 2.24) is 9.29 Å². The number of aryl methyl sites for hydroxylation is 1. The smallest absolute Gasteiger partial charge is 0.338 e. The molecule has 0 aliphatic heterocycles. The zero-order valence-corrected chi connectivity index (χ0v) is 16.1. The van der Waals surface area contributed by atoms with E-state index in [2.05, 4.69) is 4.98 Å². The maximum absolute atomic E-state index is 12.4. The second-order valence-corrected chi connectivity index (χ2v) is 8.38. The fraction of sp³-hybridized carbons (Fsp3) is 0.375. The van der Waals surface area contributed by atoms with Crippen molar-refractivity contribution in [2.45, 2.75) is 24.8 Å². The number of carbonyl (C=O) groups excluding carboxylic acids is 1. The molecule has 0 bridgehead atoms. The number of benzene rings is 1. The number of thiazole rings is 1. The lowest BCUT2D eigenvalue weighted by Crippen LogP contribution is -2.23. The molecule has 0 fully saturated rings. The third kappa shape index (κ3) is 4.36. The van der Waals surface area contributed by atoms with E-state index in [0.29, 0.717) is 5.69 Å². The maximum atomic E-state index is 12.4. The van der Waals surface area contributed by atoms with E-state index in [1.165, 1.54) is 50.7 Å². The van der Waals surface area contributed by atoms with Crippen molar-refractivity contribution in [2.24, 2.45) is 0 Å². The van der Waals surface area contributed by atoms with Gasteiger partial charge < -0.3 is 9.47 Å². The summed E-state index contributed by atoms with van der Waals surface area (Å²) in [6.45, 7) is 2.04. The molecule has 136 valence electrons. The number of nitrogens with zero attached hydrogens (tertiary/aromatic N) is 2. The first-order valence-electron chi connectivity index (χ1n) is 7.50. The molecule has 0 spiro atoms. The fourth-order valence-corrected chi connectivity index (χ4v) is 3.81. The van der Waals surface area contributed by atoms with Crippen LogP contribution in [0.15, 0.2) is 28.5 Å². The Bertz CT molecular complexity index is 859. The molecule has 0 radical (unpaired) electrons. The van der Waals surface area contributed by atoms with E-state index in [-0.39, 0.29) is 22.8 Å². The lowest BCUT2D eigenvalue weighted by molar-refractivity contribution is 0.0468. The van der Waals surface area contributed by atoms with Crippen molar-refractivity contribution in [3.8, 4) is 5.75 Å². The van der Waals surface area contributed by atoms with Gasteiger partial charge in [0, 0.05) is 19.5 Å². The molecular formula is C16H20N2O5S2. The summed E-state index contributed by atoms with van der Waals surface area (Å²) in [4.78, 5) is 16.5. The summed E-state index contributed by atoms with van der Waals surface area (Å²) in [6.07, 6.45) is 0.822. The Hall–Kier alpha value is -1.97. The van der Waals surface area contributed by atoms with Gasteiger partial charge >= 0.3 is 5.97 Å². The highest BCUT2D eigenvalue weighted by atomic mass is 32.2. The molecule has 0 saturated carbocycles. The number of methoxy groups -OCH3 is 1. The van der Waals surface area contributed by atoms with Crippen LogP contribution >= 0.6 is 11.3 Å². The highest BCUT2D eigenvalue weighted by molar-refractivity contribution is 7.89. The van der Waals surface area contributed by atoms with Gasteiger partial charge in [0.25, 0.3) is 0 Å². The maximum Gasteiger partial charge on any atom is 0.338 e. The van der Waals surface area contributed by atoms with Crippen LogP contribution in [-0.4, -0.2) is 44.9 Å². The van der Waals surface area contributed by atoms with Gasteiger partial charge in [-0.15, -0.1) is 11.3 Å². The predicted octanol–water partition coefficient (Wildman–Crippen LogP) is 2.32. The minimum atomic E-state index is -3.75. The average Bonchev–Trinajstić information content (AvgIpc) is 3.07. The second-order valence-electron chi connectivity index (χ2n) is 5.32. The van der Waals surface area contributed by atoms with Crippen molar-refractivity contribution < 1.29 is 22.7 Å². The van der Waals surface area contributed by atoms with E-state index in [0.717, 1.165) is 15.7 Å². The van der Waals surface area contributed by atoms with Crippen LogP contribution in [0, 0.1) is 0 Å². The molecular weight excluding hydrogens is 364 g/mol. The molecule has 2 rings (SSSR count). The van der Waals surface area contributed by atoms with Crippen LogP contribution in [0.25, 0.3) is 0 Å². The Morgan fingerprint density at radius 1 is 1.32 bits per heavy atom. The molecule has 2 aromatic rings.